The highest BCUT2D eigenvalue weighted by Crippen LogP contribution is 2.31. The van der Waals surface area contributed by atoms with Crippen LogP contribution in [0.15, 0.2) is 12.2 Å². The van der Waals surface area contributed by atoms with Gasteiger partial charge in [0.15, 0.2) is 0 Å². The molecule has 0 aromatic heterocycles. The zero-order chi connectivity index (χ0) is 9.90. The second kappa shape index (κ2) is 3.89. The molecule has 0 aromatic carbocycles. The number of rotatable bonds is 3. The third kappa shape index (κ3) is 1.89. The maximum atomic E-state index is 10.7. The molecule has 74 valence electrons. The maximum Gasteiger partial charge on any atom is 0.333 e. The number of hydrogen-bond donors (Lipinski definition) is 1. The van der Waals surface area contributed by atoms with E-state index in [1.807, 2.05) is 0 Å². The molecule has 0 aromatic rings. The molecular weight excluding hydrogens is 172 g/mol. The highest BCUT2D eigenvalue weighted by molar-refractivity contribution is 5.88. The lowest BCUT2D eigenvalue weighted by molar-refractivity contribution is -0.138. The van der Waals surface area contributed by atoms with Crippen LogP contribution in [0.1, 0.15) is 12.8 Å². The van der Waals surface area contributed by atoms with Crippen molar-refractivity contribution in [2.75, 3.05) is 20.3 Å². The zero-order valence-electron chi connectivity index (χ0n) is 7.71. The smallest absolute Gasteiger partial charge is 0.333 e. The Morgan fingerprint density at radius 3 is 2.46 bits per heavy atom. The van der Waals surface area contributed by atoms with Crippen LogP contribution in [-0.2, 0) is 14.3 Å². The fourth-order valence-corrected chi connectivity index (χ4v) is 1.53. The van der Waals surface area contributed by atoms with Gasteiger partial charge in [0.2, 0.25) is 0 Å². The van der Waals surface area contributed by atoms with E-state index >= 15 is 0 Å². The number of carboxylic acids is 1. The molecule has 0 radical (unpaired) electrons. The molecule has 4 nitrogen and oxygen atoms in total. The molecule has 0 amide bonds. The molecule has 0 unspecified atom stereocenters. The molecule has 0 saturated carbocycles. The average Bonchev–Trinajstić information content (AvgIpc) is 2.17. The van der Waals surface area contributed by atoms with Gasteiger partial charge < -0.3 is 14.6 Å². The summed E-state index contributed by atoms with van der Waals surface area (Å²) in [5.41, 5.74) is -0.595. The zero-order valence-corrected chi connectivity index (χ0v) is 7.71. The molecule has 0 bridgehead atoms. The van der Waals surface area contributed by atoms with Crippen LogP contribution in [0.4, 0.5) is 0 Å². The van der Waals surface area contributed by atoms with E-state index in [1.165, 1.54) is 7.11 Å². The summed E-state index contributed by atoms with van der Waals surface area (Å²) in [6.07, 6.45) is 1.13. The van der Waals surface area contributed by atoms with Crippen LogP contribution in [0.5, 0.6) is 0 Å². The SMILES string of the molecule is C=C(C(=O)O)C1(OC)CCOCC1. The Kier molecular flexibility index (Phi) is 3.06. The molecule has 0 spiro atoms. The first-order valence-corrected chi connectivity index (χ1v) is 4.18. The van der Waals surface area contributed by atoms with Crippen molar-refractivity contribution in [1.29, 1.82) is 0 Å². The highest BCUT2D eigenvalue weighted by Gasteiger charge is 2.38. The van der Waals surface area contributed by atoms with E-state index in [9.17, 15) is 4.79 Å². The molecule has 1 rings (SSSR count). The van der Waals surface area contributed by atoms with E-state index in [1.54, 1.807) is 0 Å². The fourth-order valence-electron chi connectivity index (χ4n) is 1.53. The Labute approximate surface area is 77.1 Å². The third-order valence-corrected chi connectivity index (χ3v) is 2.50. The molecule has 1 N–H and O–H groups in total. The Morgan fingerprint density at radius 2 is 2.08 bits per heavy atom. The van der Waals surface area contributed by atoms with Gasteiger partial charge in [-0.2, -0.15) is 0 Å². The van der Waals surface area contributed by atoms with Gasteiger partial charge in [0, 0.05) is 33.2 Å². The van der Waals surface area contributed by atoms with E-state index in [0.717, 1.165) is 0 Å². The van der Waals surface area contributed by atoms with Crippen LogP contribution in [0.2, 0.25) is 0 Å². The van der Waals surface area contributed by atoms with Crippen molar-refractivity contribution in [3.8, 4) is 0 Å². The molecule has 4 heteroatoms. The van der Waals surface area contributed by atoms with Gasteiger partial charge in [-0.3, -0.25) is 0 Å². The van der Waals surface area contributed by atoms with Crippen molar-refractivity contribution in [2.24, 2.45) is 0 Å². The van der Waals surface area contributed by atoms with Crippen LogP contribution in [0, 0.1) is 0 Å². The summed E-state index contributed by atoms with van der Waals surface area (Å²) in [7, 11) is 1.51. The van der Waals surface area contributed by atoms with Gasteiger partial charge in [0.1, 0.15) is 5.60 Å². The summed E-state index contributed by atoms with van der Waals surface area (Å²) < 4.78 is 10.4. The lowest BCUT2D eigenvalue weighted by Gasteiger charge is -2.35. The fraction of sp³-hybridized carbons (Fsp3) is 0.667. The van der Waals surface area contributed by atoms with Crippen LogP contribution in [0.25, 0.3) is 0 Å². The lowest BCUT2D eigenvalue weighted by atomic mass is 9.86. The predicted molar refractivity (Wildman–Crippen MR) is 46.6 cm³/mol. The van der Waals surface area contributed by atoms with Gasteiger partial charge >= 0.3 is 5.97 Å². The quantitative estimate of drug-likeness (QED) is 0.663. The second-order valence-corrected chi connectivity index (χ2v) is 3.09. The minimum Gasteiger partial charge on any atom is -0.478 e. The molecule has 1 aliphatic rings. The van der Waals surface area contributed by atoms with Gasteiger partial charge in [-0.1, -0.05) is 6.58 Å². The molecule has 13 heavy (non-hydrogen) atoms. The number of aliphatic carboxylic acids is 1. The first-order valence-electron chi connectivity index (χ1n) is 4.18. The molecule has 0 atom stereocenters. The standard InChI is InChI=1S/C9H14O4/c1-7(8(10)11)9(12-2)3-5-13-6-4-9/h1,3-6H2,2H3,(H,10,11). The summed E-state index contributed by atoms with van der Waals surface area (Å²) in [5, 5.41) is 8.81. The largest absolute Gasteiger partial charge is 0.478 e. The Hall–Kier alpha value is -0.870. The topological polar surface area (TPSA) is 55.8 Å². The van der Waals surface area contributed by atoms with Gasteiger partial charge in [0.25, 0.3) is 0 Å². The first kappa shape index (κ1) is 10.2. The highest BCUT2D eigenvalue weighted by atomic mass is 16.5. The van der Waals surface area contributed by atoms with Crippen molar-refractivity contribution in [3.05, 3.63) is 12.2 Å². The molecule has 1 saturated heterocycles. The Morgan fingerprint density at radius 1 is 1.54 bits per heavy atom. The van der Waals surface area contributed by atoms with Crippen molar-refractivity contribution < 1.29 is 19.4 Å². The van der Waals surface area contributed by atoms with Gasteiger partial charge in [-0.15, -0.1) is 0 Å². The van der Waals surface area contributed by atoms with Gasteiger partial charge in [-0.25, -0.2) is 4.79 Å². The van der Waals surface area contributed by atoms with E-state index in [-0.39, 0.29) is 5.57 Å². The van der Waals surface area contributed by atoms with E-state index in [4.69, 9.17) is 14.6 Å². The van der Waals surface area contributed by atoms with Crippen molar-refractivity contribution in [2.45, 2.75) is 18.4 Å². The van der Waals surface area contributed by atoms with Crippen LogP contribution in [-0.4, -0.2) is 37.0 Å². The molecule has 1 aliphatic heterocycles. The van der Waals surface area contributed by atoms with Gasteiger partial charge in [0.05, 0.1) is 5.57 Å². The number of methoxy groups -OCH3 is 1. The number of hydrogen-bond acceptors (Lipinski definition) is 3. The molecule has 0 aliphatic carbocycles. The monoisotopic (exact) mass is 186 g/mol. The summed E-state index contributed by atoms with van der Waals surface area (Å²) in [6, 6.07) is 0. The van der Waals surface area contributed by atoms with Crippen LogP contribution >= 0.6 is 0 Å². The number of carbonyl (C=O) groups is 1. The van der Waals surface area contributed by atoms with E-state index < -0.39 is 11.6 Å². The third-order valence-electron chi connectivity index (χ3n) is 2.50. The minimum atomic E-state index is -0.997. The molecule has 1 fully saturated rings. The molecular formula is C9H14O4. The van der Waals surface area contributed by atoms with Crippen molar-refractivity contribution in [1.82, 2.24) is 0 Å². The van der Waals surface area contributed by atoms with E-state index in [2.05, 4.69) is 6.58 Å². The number of carboxylic acid groups (broad SMARTS) is 1. The summed E-state index contributed by atoms with van der Waals surface area (Å²) in [4.78, 5) is 10.7. The van der Waals surface area contributed by atoms with Gasteiger partial charge in [-0.05, 0) is 0 Å². The first-order chi connectivity index (χ1) is 6.12. The average molecular weight is 186 g/mol. The Bertz CT molecular complexity index is 216. The van der Waals surface area contributed by atoms with Crippen molar-refractivity contribution in [3.63, 3.8) is 0 Å². The molecule has 1 heterocycles. The minimum absolute atomic E-state index is 0.123. The summed E-state index contributed by atoms with van der Waals surface area (Å²) in [5.74, 6) is -0.997. The number of ether oxygens (including phenoxy) is 2. The van der Waals surface area contributed by atoms with E-state index in [0.29, 0.717) is 26.1 Å². The lowest BCUT2D eigenvalue weighted by Crippen LogP contribution is -2.42. The predicted octanol–water partition coefficient (Wildman–Crippen LogP) is 0.823. The normalized spacial score (nSPS) is 21.0. The maximum absolute atomic E-state index is 10.7. The second-order valence-electron chi connectivity index (χ2n) is 3.09. The summed E-state index contributed by atoms with van der Waals surface area (Å²) in [6.45, 7) is 4.60. The van der Waals surface area contributed by atoms with Crippen LogP contribution < -0.4 is 0 Å². The van der Waals surface area contributed by atoms with Crippen molar-refractivity contribution >= 4 is 5.97 Å². The Balaban J connectivity index is 2.78. The van der Waals surface area contributed by atoms with Crippen LogP contribution in [0.3, 0.4) is 0 Å². The summed E-state index contributed by atoms with van der Waals surface area (Å²) >= 11 is 0.